The third-order valence-corrected chi connectivity index (χ3v) is 7.15. The lowest BCUT2D eigenvalue weighted by Crippen LogP contribution is -2.51. The van der Waals surface area contributed by atoms with Gasteiger partial charge in [0.15, 0.2) is 11.5 Å². The Bertz CT molecular complexity index is 1410. The van der Waals surface area contributed by atoms with Gasteiger partial charge in [0.2, 0.25) is 11.8 Å². The second kappa shape index (κ2) is 14.9. The molecule has 4 rings (SSSR count). The average molecular weight is 571 g/mol. The van der Waals surface area contributed by atoms with Crippen molar-refractivity contribution >= 4 is 23.4 Å². The molecule has 0 fully saturated rings. The van der Waals surface area contributed by atoms with E-state index in [9.17, 15) is 9.59 Å². The zero-order chi connectivity index (χ0) is 29.0. The molecule has 1 unspecified atom stereocenters. The molecule has 0 aliphatic heterocycles. The Morgan fingerprint density at radius 1 is 0.756 bits per heavy atom. The summed E-state index contributed by atoms with van der Waals surface area (Å²) in [6, 6.07) is 31.7. The number of ether oxygens (including phenoxy) is 2. The zero-order valence-corrected chi connectivity index (χ0v) is 24.1. The summed E-state index contributed by atoms with van der Waals surface area (Å²) in [5.41, 5.74) is 3.76. The quantitative estimate of drug-likeness (QED) is 0.217. The predicted molar refractivity (Wildman–Crippen MR) is 162 cm³/mol. The Hall–Kier alpha value is -4.29. The number of amides is 2. The maximum atomic E-state index is 13.8. The van der Waals surface area contributed by atoms with Gasteiger partial charge in [0.05, 0.1) is 20.6 Å². The van der Waals surface area contributed by atoms with Crippen LogP contribution in [0.3, 0.4) is 0 Å². The van der Waals surface area contributed by atoms with E-state index >= 15 is 0 Å². The van der Waals surface area contributed by atoms with Crippen molar-refractivity contribution in [3.8, 4) is 11.5 Å². The van der Waals surface area contributed by atoms with Crippen LogP contribution < -0.4 is 14.8 Å². The highest BCUT2D eigenvalue weighted by molar-refractivity contribution is 6.30. The molecule has 0 aliphatic rings. The minimum absolute atomic E-state index is 0.123. The summed E-state index contributed by atoms with van der Waals surface area (Å²) in [7, 11) is 3.19. The summed E-state index contributed by atoms with van der Waals surface area (Å²) in [6.07, 6.45) is 1.18. The normalized spacial score (nSPS) is 11.4. The minimum Gasteiger partial charge on any atom is -0.493 e. The second-order valence-corrected chi connectivity index (χ2v) is 10.2. The highest BCUT2D eigenvalue weighted by Gasteiger charge is 2.30. The molecule has 0 aliphatic carbocycles. The maximum Gasteiger partial charge on any atom is 0.243 e. The van der Waals surface area contributed by atoms with Crippen LogP contribution >= 0.6 is 11.6 Å². The fourth-order valence-corrected chi connectivity index (χ4v) is 4.82. The van der Waals surface area contributed by atoms with E-state index in [0.29, 0.717) is 35.9 Å². The Morgan fingerprint density at radius 3 is 2.00 bits per heavy atom. The van der Waals surface area contributed by atoms with E-state index in [0.717, 1.165) is 22.3 Å². The van der Waals surface area contributed by atoms with Crippen LogP contribution in [0.25, 0.3) is 0 Å². The first kappa shape index (κ1) is 29.7. The molecule has 0 heterocycles. The van der Waals surface area contributed by atoms with Crippen LogP contribution in [-0.4, -0.2) is 43.5 Å². The topological polar surface area (TPSA) is 67.9 Å². The van der Waals surface area contributed by atoms with Gasteiger partial charge in [0, 0.05) is 24.5 Å². The van der Waals surface area contributed by atoms with E-state index in [2.05, 4.69) is 5.32 Å². The molecule has 0 saturated carbocycles. The van der Waals surface area contributed by atoms with Gasteiger partial charge in [-0.1, -0.05) is 90.5 Å². The predicted octanol–water partition coefficient (Wildman–Crippen LogP) is 5.90. The molecule has 7 heteroatoms. The molecule has 212 valence electrons. The number of hydrogen-bond donors (Lipinski definition) is 1. The van der Waals surface area contributed by atoms with Crippen LogP contribution in [0.4, 0.5) is 0 Å². The smallest absolute Gasteiger partial charge is 0.243 e. The summed E-state index contributed by atoms with van der Waals surface area (Å²) in [6.45, 7) is 0.685. The summed E-state index contributed by atoms with van der Waals surface area (Å²) < 4.78 is 10.7. The first-order valence-corrected chi connectivity index (χ1v) is 13.9. The van der Waals surface area contributed by atoms with Crippen LogP contribution in [0.5, 0.6) is 11.5 Å². The maximum absolute atomic E-state index is 13.8. The Kier molecular flexibility index (Phi) is 10.8. The third kappa shape index (κ3) is 8.60. The van der Waals surface area contributed by atoms with Gasteiger partial charge in [-0.3, -0.25) is 9.59 Å². The molecule has 4 aromatic carbocycles. The van der Waals surface area contributed by atoms with Gasteiger partial charge in [-0.15, -0.1) is 0 Å². The van der Waals surface area contributed by atoms with E-state index < -0.39 is 6.04 Å². The lowest BCUT2D eigenvalue weighted by molar-refractivity contribution is -0.140. The van der Waals surface area contributed by atoms with Gasteiger partial charge in [-0.05, 0) is 52.9 Å². The van der Waals surface area contributed by atoms with Crippen LogP contribution in [0.15, 0.2) is 103 Å². The van der Waals surface area contributed by atoms with Crippen molar-refractivity contribution in [2.75, 3.05) is 20.8 Å². The van der Waals surface area contributed by atoms with Crippen LogP contribution in [-0.2, 0) is 35.4 Å². The van der Waals surface area contributed by atoms with E-state index in [1.165, 1.54) is 0 Å². The molecule has 2 amide bonds. The molecular formula is C34H35ClN2O4. The Balaban J connectivity index is 1.57. The monoisotopic (exact) mass is 570 g/mol. The first-order valence-electron chi connectivity index (χ1n) is 13.6. The number of rotatable bonds is 13. The fourth-order valence-electron chi connectivity index (χ4n) is 4.70. The van der Waals surface area contributed by atoms with Gasteiger partial charge in [0.1, 0.15) is 6.04 Å². The van der Waals surface area contributed by atoms with Crippen LogP contribution in [0.1, 0.15) is 22.3 Å². The third-order valence-electron chi connectivity index (χ3n) is 6.90. The molecular weight excluding hydrogens is 536 g/mol. The molecule has 0 bridgehead atoms. The van der Waals surface area contributed by atoms with Crippen LogP contribution in [0.2, 0.25) is 5.02 Å². The summed E-state index contributed by atoms with van der Waals surface area (Å²) >= 11 is 6.12. The van der Waals surface area contributed by atoms with Gasteiger partial charge < -0.3 is 19.7 Å². The first-order chi connectivity index (χ1) is 20.0. The summed E-state index contributed by atoms with van der Waals surface area (Å²) in [4.78, 5) is 29.4. The Labute approximate surface area is 246 Å². The highest BCUT2D eigenvalue weighted by Crippen LogP contribution is 2.27. The lowest BCUT2D eigenvalue weighted by Gasteiger charge is -2.32. The van der Waals surface area contributed by atoms with E-state index in [-0.39, 0.29) is 24.8 Å². The van der Waals surface area contributed by atoms with Gasteiger partial charge >= 0.3 is 0 Å². The average Bonchev–Trinajstić information content (AvgIpc) is 3.00. The largest absolute Gasteiger partial charge is 0.493 e. The van der Waals surface area contributed by atoms with Crippen molar-refractivity contribution in [1.82, 2.24) is 10.2 Å². The molecule has 6 nitrogen and oxygen atoms in total. The van der Waals surface area contributed by atoms with Gasteiger partial charge in [-0.2, -0.15) is 0 Å². The van der Waals surface area contributed by atoms with Crippen molar-refractivity contribution in [3.05, 3.63) is 130 Å². The van der Waals surface area contributed by atoms with Crippen molar-refractivity contribution in [3.63, 3.8) is 0 Å². The number of nitrogens with zero attached hydrogens (tertiary/aromatic N) is 1. The summed E-state index contributed by atoms with van der Waals surface area (Å²) in [5.74, 6) is 0.962. The van der Waals surface area contributed by atoms with Crippen molar-refractivity contribution < 1.29 is 19.1 Å². The molecule has 0 aromatic heterocycles. The number of carbonyl (C=O) groups is 2. The number of benzene rings is 4. The lowest BCUT2D eigenvalue weighted by atomic mass is 10.0. The standard InChI is InChI=1S/C34H35ClN2O4/c1-40-31-18-15-27(22-32(31)41-2)19-20-36-34(39)30(21-25-9-5-3-6-10-25)37(24-28-13-16-29(35)17-14-28)33(38)23-26-11-7-4-8-12-26/h3-18,22,30H,19-21,23-24H2,1-2H3,(H,36,39). The fraction of sp³-hybridized carbons (Fsp3) is 0.235. The van der Waals surface area contributed by atoms with Crippen molar-refractivity contribution in [2.24, 2.45) is 0 Å². The number of nitrogens with one attached hydrogen (secondary N) is 1. The Morgan fingerprint density at radius 2 is 1.37 bits per heavy atom. The van der Waals surface area contributed by atoms with E-state index in [4.69, 9.17) is 21.1 Å². The molecule has 0 saturated heterocycles. The van der Waals surface area contributed by atoms with Crippen molar-refractivity contribution in [2.45, 2.75) is 31.8 Å². The van der Waals surface area contributed by atoms with Gasteiger partial charge in [0.25, 0.3) is 0 Å². The molecule has 1 atom stereocenters. The molecule has 0 radical (unpaired) electrons. The summed E-state index contributed by atoms with van der Waals surface area (Å²) in [5, 5.41) is 3.70. The van der Waals surface area contributed by atoms with Gasteiger partial charge in [-0.25, -0.2) is 0 Å². The number of methoxy groups -OCH3 is 2. The molecule has 41 heavy (non-hydrogen) atoms. The van der Waals surface area contributed by atoms with Crippen LogP contribution in [0, 0.1) is 0 Å². The van der Waals surface area contributed by atoms with E-state index in [1.54, 1.807) is 31.3 Å². The molecule has 0 spiro atoms. The molecule has 1 N–H and O–H groups in total. The number of halogens is 1. The zero-order valence-electron chi connectivity index (χ0n) is 23.4. The number of carbonyl (C=O) groups excluding carboxylic acids is 2. The van der Waals surface area contributed by atoms with Crippen molar-refractivity contribution in [1.29, 1.82) is 0 Å². The number of hydrogen-bond acceptors (Lipinski definition) is 4. The second-order valence-electron chi connectivity index (χ2n) is 9.75. The molecule has 4 aromatic rings. The highest BCUT2D eigenvalue weighted by atomic mass is 35.5. The van der Waals surface area contributed by atoms with E-state index in [1.807, 2.05) is 91.0 Å². The minimum atomic E-state index is -0.713. The SMILES string of the molecule is COc1ccc(CCNC(=O)C(Cc2ccccc2)N(Cc2ccc(Cl)cc2)C(=O)Cc2ccccc2)cc1OC.